The Hall–Kier alpha value is -2.96. The van der Waals surface area contributed by atoms with Crippen molar-refractivity contribution in [3.63, 3.8) is 0 Å². The first kappa shape index (κ1) is 60.0. The molecular weight excluding hydrogens is 779 g/mol. The second-order valence-electron chi connectivity index (χ2n) is 17.7. The van der Waals surface area contributed by atoms with E-state index in [2.05, 4.69) is 111 Å². The Kier molecular flexibility index (Phi) is 47.7. The summed E-state index contributed by atoms with van der Waals surface area (Å²) in [5.74, 6) is -0.524. The van der Waals surface area contributed by atoms with Crippen molar-refractivity contribution < 1.29 is 24.5 Å². The van der Waals surface area contributed by atoms with E-state index in [0.29, 0.717) is 19.3 Å². The maximum absolute atomic E-state index is 13.2. The van der Waals surface area contributed by atoms with Crippen molar-refractivity contribution in [1.82, 2.24) is 5.32 Å². The second kappa shape index (κ2) is 50.0. The highest BCUT2D eigenvalue weighted by Gasteiger charge is 2.24. The van der Waals surface area contributed by atoms with E-state index in [4.69, 9.17) is 4.74 Å². The van der Waals surface area contributed by atoms with Crippen LogP contribution in [-0.4, -0.2) is 46.9 Å². The first-order valence-corrected chi connectivity index (χ1v) is 26.4. The largest absolute Gasteiger partial charge is 0.462 e. The van der Waals surface area contributed by atoms with Crippen LogP contribution in [0.3, 0.4) is 0 Å². The molecule has 0 bridgehead atoms. The standard InChI is InChI=1S/C57H99NO5/c1-4-7-10-13-16-19-22-25-26-27-28-29-32-35-38-41-44-47-50-57(62)63-53(48-45-42-39-36-33-30-23-20-17-14-11-8-5-2)51-56(61)58-54(52-59)55(60)49-46-43-40-37-34-31-24-21-18-15-12-9-6-3/h8,11,14,16-17,19-20,22-23,25-29,53-55,59-60H,4-7,9-10,12-13,15,18,21,24,30-52H2,1-3H3,(H,58,61)/b11-8+,17-14+,19-16+,23-20+,25-22+,27-26+,29-28+. The molecule has 1 amide bonds. The Morgan fingerprint density at radius 1 is 0.476 bits per heavy atom. The highest BCUT2D eigenvalue weighted by atomic mass is 16.5. The van der Waals surface area contributed by atoms with E-state index in [0.717, 1.165) is 109 Å². The van der Waals surface area contributed by atoms with Crippen LogP contribution in [-0.2, 0) is 14.3 Å². The summed E-state index contributed by atoms with van der Waals surface area (Å²) >= 11 is 0. The highest BCUT2D eigenvalue weighted by Crippen LogP contribution is 2.17. The molecule has 0 aromatic carbocycles. The summed E-state index contributed by atoms with van der Waals surface area (Å²) in [5.41, 5.74) is 0. The van der Waals surface area contributed by atoms with Gasteiger partial charge in [0.25, 0.3) is 0 Å². The molecule has 0 aromatic heterocycles. The molecule has 6 nitrogen and oxygen atoms in total. The first-order chi connectivity index (χ1) is 31.0. The van der Waals surface area contributed by atoms with Crippen molar-refractivity contribution in [2.24, 2.45) is 0 Å². The van der Waals surface area contributed by atoms with Gasteiger partial charge in [-0.3, -0.25) is 9.59 Å². The van der Waals surface area contributed by atoms with E-state index >= 15 is 0 Å². The molecule has 0 saturated carbocycles. The van der Waals surface area contributed by atoms with Crippen LogP contribution in [0.5, 0.6) is 0 Å². The molecule has 0 aromatic rings. The molecule has 63 heavy (non-hydrogen) atoms. The fourth-order valence-corrected chi connectivity index (χ4v) is 7.62. The Labute approximate surface area is 389 Å². The fraction of sp³-hybridized carbons (Fsp3) is 0.719. The number of rotatable bonds is 46. The van der Waals surface area contributed by atoms with Crippen LogP contribution >= 0.6 is 0 Å². The molecule has 362 valence electrons. The van der Waals surface area contributed by atoms with Gasteiger partial charge >= 0.3 is 5.97 Å². The van der Waals surface area contributed by atoms with Gasteiger partial charge in [0.1, 0.15) is 6.10 Å². The lowest BCUT2D eigenvalue weighted by atomic mass is 10.0. The summed E-state index contributed by atoms with van der Waals surface area (Å²) in [4.78, 5) is 26.2. The van der Waals surface area contributed by atoms with Crippen molar-refractivity contribution in [2.75, 3.05) is 6.61 Å². The van der Waals surface area contributed by atoms with Gasteiger partial charge in [-0.15, -0.1) is 0 Å². The number of carbonyl (C=O) groups is 2. The molecule has 0 aliphatic heterocycles. The van der Waals surface area contributed by atoms with Crippen molar-refractivity contribution in [3.05, 3.63) is 85.1 Å². The van der Waals surface area contributed by atoms with Crippen molar-refractivity contribution in [3.8, 4) is 0 Å². The molecule has 0 saturated heterocycles. The van der Waals surface area contributed by atoms with Crippen LogP contribution in [0.15, 0.2) is 85.1 Å². The molecular formula is C57H99NO5. The van der Waals surface area contributed by atoms with Crippen LogP contribution in [0.1, 0.15) is 239 Å². The number of nitrogens with one attached hydrogen (secondary N) is 1. The lowest BCUT2D eigenvalue weighted by molar-refractivity contribution is -0.151. The van der Waals surface area contributed by atoms with E-state index in [9.17, 15) is 19.8 Å². The van der Waals surface area contributed by atoms with Gasteiger partial charge in [0, 0.05) is 6.42 Å². The minimum absolute atomic E-state index is 0.0502. The van der Waals surface area contributed by atoms with Crippen molar-refractivity contribution in [2.45, 2.75) is 257 Å². The fourth-order valence-electron chi connectivity index (χ4n) is 7.62. The van der Waals surface area contributed by atoms with Crippen LogP contribution in [0, 0.1) is 0 Å². The SMILES string of the molecule is CC/C=C/C=C/C=C/CCCCCCCC(CC(=O)NC(CO)C(O)CCCCCCCCCCCCCCC)OC(=O)CCCCCCC/C=C/C=C/C=C/C=C/CCCCC. The Bertz CT molecular complexity index is 1210. The molecule has 0 spiro atoms. The zero-order chi connectivity index (χ0) is 45.9. The Morgan fingerprint density at radius 2 is 0.857 bits per heavy atom. The second-order valence-corrected chi connectivity index (χ2v) is 17.7. The Morgan fingerprint density at radius 3 is 1.33 bits per heavy atom. The summed E-state index contributed by atoms with van der Waals surface area (Å²) in [7, 11) is 0. The predicted molar refractivity (Wildman–Crippen MR) is 273 cm³/mol. The third-order valence-electron chi connectivity index (χ3n) is 11.6. The molecule has 0 fully saturated rings. The first-order valence-electron chi connectivity index (χ1n) is 26.4. The maximum Gasteiger partial charge on any atom is 0.306 e. The van der Waals surface area contributed by atoms with Crippen LogP contribution in [0.25, 0.3) is 0 Å². The smallest absolute Gasteiger partial charge is 0.306 e. The molecule has 6 heteroatoms. The van der Waals surface area contributed by atoms with Crippen molar-refractivity contribution >= 4 is 11.9 Å². The van der Waals surface area contributed by atoms with Gasteiger partial charge in [0.15, 0.2) is 0 Å². The number of amides is 1. The van der Waals surface area contributed by atoms with Crippen LogP contribution in [0.2, 0.25) is 0 Å². The zero-order valence-electron chi connectivity index (χ0n) is 41.2. The number of esters is 1. The quantitative estimate of drug-likeness (QED) is 0.0322. The molecule has 3 N–H and O–H groups in total. The average molecular weight is 878 g/mol. The summed E-state index contributed by atoms with van der Waals surface area (Å²) in [5, 5.41) is 23.8. The molecule has 0 heterocycles. The maximum atomic E-state index is 13.2. The number of aliphatic hydroxyl groups is 2. The number of unbranched alkanes of at least 4 members (excludes halogenated alkanes) is 25. The number of ether oxygens (including phenoxy) is 1. The van der Waals surface area contributed by atoms with Gasteiger partial charge in [-0.05, 0) is 70.6 Å². The van der Waals surface area contributed by atoms with E-state index in [1.807, 2.05) is 0 Å². The molecule has 0 aliphatic rings. The van der Waals surface area contributed by atoms with E-state index in [1.165, 1.54) is 83.5 Å². The molecule has 3 unspecified atom stereocenters. The number of carbonyl (C=O) groups excluding carboxylic acids is 2. The van der Waals surface area contributed by atoms with E-state index < -0.39 is 18.2 Å². The van der Waals surface area contributed by atoms with Gasteiger partial charge in [0.05, 0.1) is 25.2 Å². The molecule has 0 aliphatic carbocycles. The lowest BCUT2D eigenvalue weighted by Crippen LogP contribution is -2.46. The number of hydrogen-bond donors (Lipinski definition) is 3. The van der Waals surface area contributed by atoms with Gasteiger partial charge in [-0.1, -0.05) is 241 Å². The minimum atomic E-state index is -0.802. The van der Waals surface area contributed by atoms with Crippen LogP contribution in [0.4, 0.5) is 0 Å². The third kappa shape index (κ3) is 45.4. The van der Waals surface area contributed by atoms with Crippen molar-refractivity contribution in [1.29, 1.82) is 0 Å². The number of hydrogen-bond acceptors (Lipinski definition) is 5. The van der Waals surface area contributed by atoms with Gasteiger partial charge in [-0.25, -0.2) is 0 Å². The third-order valence-corrected chi connectivity index (χ3v) is 11.6. The zero-order valence-corrected chi connectivity index (χ0v) is 41.2. The lowest BCUT2D eigenvalue weighted by Gasteiger charge is -2.24. The average Bonchev–Trinajstić information content (AvgIpc) is 3.28. The van der Waals surface area contributed by atoms with Gasteiger partial charge < -0.3 is 20.3 Å². The highest BCUT2D eigenvalue weighted by molar-refractivity contribution is 5.77. The number of allylic oxidation sites excluding steroid dienone is 14. The monoisotopic (exact) mass is 878 g/mol. The summed E-state index contributed by atoms with van der Waals surface area (Å²) in [6, 6.07) is -0.718. The summed E-state index contributed by atoms with van der Waals surface area (Å²) in [6.07, 6.45) is 64.9. The van der Waals surface area contributed by atoms with Crippen LogP contribution < -0.4 is 5.32 Å². The minimum Gasteiger partial charge on any atom is -0.462 e. The van der Waals surface area contributed by atoms with E-state index in [-0.39, 0.29) is 24.9 Å². The number of aliphatic hydroxyl groups excluding tert-OH is 2. The predicted octanol–water partition coefficient (Wildman–Crippen LogP) is 16.0. The summed E-state index contributed by atoms with van der Waals surface area (Å²) < 4.78 is 5.92. The molecule has 0 rings (SSSR count). The molecule has 0 radical (unpaired) electrons. The Balaban J connectivity index is 4.65. The van der Waals surface area contributed by atoms with Gasteiger partial charge in [-0.2, -0.15) is 0 Å². The molecule has 3 atom stereocenters. The topological polar surface area (TPSA) is 95.9 Å². The normalized spacial score (nSPS) is 13.9. The van der Waals surface area contributed by atoms with Gasteiger partial charge in [0.2, 0.25) is 5.91 Å². The van der Waals surface area contributed by atoms with E-state index in [1.54, 1.807) is 0 Å². The summed E-state index contributed by atoms with van der Waals surface area (Å²) in [6.45, 7) is 6.30.